The van der Waals surface area contributed by atoms with Gasteiger partial charge in [0.05, 0.1) is 17.6 Å². The average Bonchev–Trinajstić information content (AvgIpc) is 2.70. The van der Waals surface area contributed by atoms with Crippen LogP contribution in [0.15, 0.2) is 24.3 Å². The van der Waals surface area contributed by atoms with Gasteiger partial charge in [-0.05, 0) is 38.4 Å². The lowest BCUT2D eigenvalue weighted by Crippen LogP contribution is -2.37. The van der Waals surface area contributed by atoms with Crippen LogP contribution in [-0.4, -0.2) is 27.0 Å². The van der Waals surface area contributed by atoms with E-state index in [9.17, 15) is 0 Å². The number of aryl methyl sites for hydroxylation is 1. The van der Waals surface area contributed by atoms with Crippen molar-refractivity contribution in [2.75, 3.05) is 6.54 Å². The van der Waals surface area contributed by atoms with Gasteiger partial charge in [0.1, 0.15) is 5.82 Å². The molecule has 1 aromatic heterocycles. The maximum atomic E-state index is 4.76. The highest BCUT2D eigenvalue weighted by atomic mass is 15.2. The number of likely N-dealkylation sites (tertiary alicyclic amines) is 1. The lowest BCUT2D eigenvalue weighted by atomic mass is 10.0. The number of aromatic nitrogens is 2. The Balaban J connectivity index is 1.88. The highest BCUT2D eigenvalue weighted by Gasteiger charge is 2.20. The van der Waals surface area contributed by atoms with Crippen molar-refractivity contribution in [1.29, 1.82) is 0 Å². The van der Waals surface area contributed by atoms with Gasteiger partial charge >= 0.3 is 0 Å². The fraction of sp³-hybridized carbons (Fsp3) is 0.533. The Hall–Kier alpha value is -1.35. The number of hydrogen-bond donors (Lipinski definition) is 0. The summed E-state index contributed by atoms with van der Waals surface area (Å²) in [7, 11) is 2.12. The minimum atomic E-state index is 0.693. The predicted octanol–water partition coefficient (Wildman–Crippen LogP) is 2.95. The Labute approximate surface area is 108 Å². The van der Waals surface area contributed by atoms with Crippen molar-refractivity contribution < 1.29 is 0 Å². The molecule has 1 atom stereocenters. The van der Waals surface area contributed by atoms with Crippen LogP contribution in [-0.2, 0) is 13.6 Å². The van der Waals surface area contributed by atoms with E-state index in [4.69, 9.17) is 4.98 Å². The molecule has 1 aliphatic rings. The number of hydrogen-bond acceptors (Lipinski definition) is 2. The molecular formula is C15H21N3. The van der Waals surface area contributed by atoms with Gasteiger partial charge in [-0.3, -0.25) is 4.90 Å². The van der Waals surface area contributed by atoms with E-state index >= 15 is 0 Å². The molecule has 0 bridgehead atoms. The zero-order chi connectivity index (χ0) is 12.5. The van der Waals surface area contributed by atoms with Gasteiger partial charge in [0.15, 0.2) is 0 Å². The molecule has 0 N–H and O–H groups in total. The van der Waals surface area contributed by atoms with Gasteiger partial charge in [-0.15, -0.1) is 0 Å². The monoisotopic (exact) mass is 243 g/mol. The largest absolute Gasteiger partial charge is 0.330 e. The lowest BCUT2D eigenvalue weighted by molar-refractivity contribution is 0.148. The molecule has 18 heavy (non-hydrogen) atoms. The Morgan fingerprint density at radius 3 is 2.89 bits per heavy atom. The van der Waals surface area contributed by atoms with Crippen LogP contribution >= 0.6 is 0 Å². The molecule has 1 aromatic carbocycles. The SMILES string of the molecule is C[C@@H]1CCCCN1Cc1nc2ccccc2n1C. The Morgan fingerprint density at radius 1 is 1.28 bits per heavy atom. The van der Waals surface area contributed by atoms with E-state index in [-0.39, 0.29) is 0 Å². The maximum Gasteiger partial charge on any atom is 0.123 e. The zero-order valence-corrected chi connectivity index (χ0v) is 11.3. The number of benzene rings is 1. The van der Waals surface area contributed by atoms with Crippen molar-refractivity contribution in [1.82, 2.24) is 14.5 Å². The standard InChI is InChI=1S/C15H21N3/c1-12-7-5-6-10-18(12)11-15-16-13-8-3-4-9-14(13)17(15)2/h3-4,8-9,12H,5-7,10-11H2,1-2H3/t12-/m1/s1. The van der Waals surface area contributed by atoms with Crippen molar-refractivity contribution in [3.63, 3.8) is 0 Å². The van der Waals surface area contributed by atoms with Crippen molar-refractivity contribution in [2.45, 2.75) is 38.8 Å². The van der Waals surface area contributed by atoms with Crippen molar-refractivity contribution in [3.8, 4) is 0 Å². The molecule has 2 heterocycles. The minimum absolute atomic E-state index is 0.693. The molecule has 0 radical (unpaired) electrons. The van der Waals surface area contributed by atoms with Crippen LogP contribution in [0.2, 0.25) is 0 Å². The number of rotatable bonds is 2. The fourth-order valence-electron chi connectivity index (χ4n) is 2.91. The molecule has 1 aliphatic heterocycles. The summed E-state index contributed by atoms with van der Waals surface area (Å²) in [5.74, 6) is 1.19. The number of piperidine rings is 1. The van der Waals surface area contributed by atoms with Gasteiger partial charge in [-0.25, -0.2) is 4.98 Å². The van der Waals surface area contributed by atoms with Crippen LogP contribution < -0.4 is 0 Å². The first-order valence-corrected chi connectivity index (χ1v) is 6.90. The third-order valence-corrected chi connectivity index (χ3v) is 4.16. The summed E-state index contributed by atoms with van der Waals surface area (Å²) in [6.07, 6.45) is 4.03. The first kappa shape index (κ1) is 11.7. The topological polar surface area (TPSA) is 21.1 Å². The number of imidazole rings is 1. The van der Waals surface area contributed by atoms with Crippen LogP contribution in [0, 0.1) is 0 Å². The second-order valence-electron chi connectivity index (χ2n) is 5.39. The zero-order valence-electron chi connectivity index (χ0n) is 11.3. The smallest absolute Gasteiger partial charge is 0.123 e. The third-order valence-electron chi connectivity index (χ3n) is 4.16. The number of nitrogens with zero attached hydrogens (tertiary/aromatic N) is 3. The second kappa shape index (κ2) is 4.73. The normalized spacial score (nSPS) is 21.6. The van der Waals surface area contributed by atoms with Crippen LogP contribution in [0.4, 0.5) is 0 Å². The summed E-state index contributed by atoms with van der Waals surface area (Å²) in [5, 5.41) is 0. The molecule has 3 nitrogen and oxygen atoms in total. The van der Waals surface area contributed by atoms with Crippen LogP contribution in [0.1, 0.15) is 32.0 Å². The van der Waals surface area contributed by atoms with Gasteiger partial charge in [0.2, 0.25) is 0 Å². The second-order valence-corrected chi connectivity index (χ2v) is 5.39. The Kier molecular flexibility index (Phi) is 3.08. The fourth-order valence-corrected chi connectivity index (χ4v) is 2.91. The molecule has 0 spiro atoms. The molecule has 0 amide bonds. The first-order chi connectivity index (χ1) is 8.75. The highest BCUT2D eigenvalue weighted by Crippen LogP contribution is 2.21. The molecule has 3 heteroatoms. The molecule has 3 rings (SSSR count). The molecule has 0 unspecified atom stereocenters. The predicted molar refractivity (Wildman–Crippen MR) is 74.4 cm³/mol. The first-order valence-electron chi connectivity index (χ1n) is 6.90. The summed E-state index contributed by atoms with van der Waals surface area (Å²) in [6.45, 7) is 4.53. The van der Waals surface area contributed by atoms with Gasteiger partial charge in [-0.1, -0.05) is 18.6 Å². The van der Waals surface area contributed by atoms with Gasteiger partial charge in [0.25, 0.3) is 0 Å². The third kappa shape index (κ3) is 2.03. The van der Waals surface area contributed by atoms with Crippen LogP contribution in [0.3, 0.4) is 0 Å². The van der Waals surface area contributed by atoms with E-state index in [1.54, 1.807) is 0 Å². The number of fused-ring (bicyclic) bond motifs is 1. The minimum Gasteiger partial charge on any atom is -0.330 e. The van der Waals surface area contributed by atoms with E-state index in [1.165, 1.54) is 37.1 Å². The highest BCUT2D eigenvalue weighted by molar-refractivity contribution is 5.75. The maximum absolute atomic E-state index is 4.76. The van der Waals surface area contributed by atoms with E-state index < -0.39 is 0 Å². The molecule has 1 saturated heterocycles. The summed E-state index contributed by atoms with van der Waals surface area (Å²) in [5.41, 5.74) is 2.34. The van der Waals surface area contributed by atoms with Gasteiger partial charge < -0.3 is 4.57 Å². The Morgan fingerprint density at radius 2 is 2.11 bits per heavy atom. The summed E-state index contributed by atoms with van der Waals surface area (Å²) in [6, 6.07) is 9.07. The molecular weight excluding hydrogens is 222 g/mol. The Bertz CT molecular complexity index is 544. The molecule has 96 valence electrons. The summed E-state index contributed by atoms with van der Waals surface area (Å²) in [4.78, 5) is 7.32. The van der Waals surface area contributed by atoms with E-state index in [0.717, 1.165) is 12.1 Å². The summed E-state index contributed by atoms with van der Waals surface area (Å²) < 4.78 is 2.23. The van der Waals surface area contributed by atoms with E-state index in [0.29, 0.717) is 6.04 Å². The van der Waals surface area contributed by atoms with Crippen molar-refractivity contribution >= 4 is 11.0 Å². The molecule has 0 aliphatic carbocycles. The average molecular weight is 243 g/mol. The van der Waals surface area contributed by atoms with E-state index in [1.807, 2.05) is 0 Å². The molecule has 2 aromatic rings. The van der Waals surface area contributed by atoms with Gasteiger partial charge in [-0.2, -0.15) is 0 Å². The molecule has 1 fully saturated rings. The van der Waals surface area contributed by atoms with Crippen LogP contribution in [0.25, 0.3) is 11.0 Å². The van der Waals surface area contributed by atoms with Gasteiger partial charge in [0, 0.05) is 13.1 Å². The summed E-state index contributed by atoms with van der Waals surface area (Å²) >= 11 is 0. The van der Waals surface area contributed by atoms with E-state index in [2.05, 4.69) is 47.7 Å². The molecule has 0 saturated carbocycles. The quantitative estimate of drug-likeness (QED) is 0.808. The van der Waals surface area contributed by atoms with Crippen LogP contribution in [0.5, 0.6) is 0 Å². The van der Waals surface area contributed by atoms with Crippen molar-refractivity contribution in [2.24, 2.45) is 7.05 Å². The lowest BCUT2D eigenvalue weighted by Gasteiger charge is -2.32. The number of para-hydroxylation sites is 2. The van der Waals surface area contributed by atoms with Crippen molar-refractivity contribution in [3.05, 3.63) is 30.1 Å².